The molecule has 2 aliphatic heterocycles. The van der Waals surface area contributed by atoms with E-state index in [-0.39, 0.29) is 16.2 Å². The Labute approximate surface area is 165 Å². The van der Waals surface area contributed by atoms with Crippen LogP contribution < -0.4 is 9.64 Å². The van der Waals surface area contributed by atoms with Crippen molar-refractivity contribution in [1.82, 2.24) is 4.31 Å². The third kappa shape index (κ3) is 3.18. The second-order valence-corrected chi connectivity index (χ2v) is 9.65. The van der Waals surface area contributed by atoms with Gasteiger partial charge in [-0.15, -0.1) is 0 Å². The molecule has 6 nitrogen and oxygen atoms in total. The standard InChI is InChI=1S/C21H24N2O4S/c1-16-6-3-4-9-19(16)23-15-21(13-20(23)24)10-11-22(14-21)28(25,26)18-8-5-7-17(12-18)27-2/h3-9,12H,10-11,13-15H2,1-2H3/t21-/m0/s1. The summed E-state index contributed by atoms with van der Waals surface area (Å²) in [5, 5.41) is 0. The lowest BCUT2D eigenvalue weighted by Gasteiger charge is -2.25. The molecule has 2 heterocycles. The molecule has 0 aliphatic carbocycles. The van der Waals surface area contributed by atoms with Crippen LogP contribution in [0.5, 0.6) is 5.75 Å². The van der Waals surface area contributed by atoms with Crippen LogP contribution in [0.3, 0.4) is 0 Å². The van der Waals surface area contributed by atoms with E-state index in [2.05, 4.69) is 0 Å². The van der Waals surface area contributed by atoms with Crippen molar-refractivity contribution in [1.29, 1.82) is 0 Å². The molecule has 0 aromatic heterocycles. The van der Waals surface area contributed by atoms with E-state index in [0.717, 1.165) is 11.3 Å². The topological polar surface area (TPSA) is 66.9 Å². The zero-order chi connectivity index (χ0) is 19.9. The van der Waals surface area contributed by atoms with Crippen molar-refractivity contribution < 1.29 is 17.9 Å². The number of hydrogen-bond donors (Lipinski definition) is 0. The monoisotopic (exact) mass is 400 g/mol. The SMILES string of the molecule is COc1cccc(S(=O)(=O)N2CC[C@]3(CC(=O)N(c4ccccc4C)C3)C2)c1. The fourth-order valence-corrected chi connectivity index (χ4v) is 5.85. The molecule has 0 unspecified atom stereocenters. The van der Waals surface area contributed by atoms with Crippen molar-refractivity contribution in [3.05, 3.63) is 54.1 Å². The molecule has 148 valence electrons. The van der Waals surface area contributed by atoms with Crippen LogP contribution in [-0.4, -0.2) is 45.4 Å². The highest BCUT2D eigenvalue weighted by Gasteiger charge is 2.50. The van der Waals surface area contributed by atoms with Gasteiger partial charge < -0.3 is 9.64 Å². The number of ether oxygens (including phenoxy) is 1. The van der Waals surface area contributed by atoms with Gasteiger partial charge in [0.15, 0.2) is 0 Å². The third-order valence-electron chi connectivity index (χ3n) is 5.81. The van der Waals surface area contributed by atoms with Crippen LogP contribution in [0.15, 0.2) is 53.4 Å². The Hall–Kier alpha value is -2.38. The predicted molar refractivity (Wildman–Crippen MR) is 107 cm³/mol. The predicted octanol–water partition coefficient (Wildman–Crippen LogP) is 2.82. The maximum Gasteiger partial charge on any atom is 0.243 e. The second kappa shape index (κ2) is 6.90. The number of amides is 1. The van der Waals surface area contributed by atoms with Crippen molar-refractivity contribution in [3.8, 4) is 5.75 Å². The molecule has 2 saturated heterocycles. The van der Waals surface area contributed by atoms with Gasteiger partial charge in [-0.1, -0.05) is 24.3 Å². The van der Waals surface area contributed by atoms with Crippen LogP contribution in [-0.2, 0) is 14.8 Å². The highest BCUT2D eigenvalue weighted by molar-refractivity contribution is 7.89. The number of nitrogens with zero attached hydrogens (tertiary/aromatic N) is 2. The zero-order valence-electron chi connectivity index (χ0n) is 16.1. The minimum Gasteiger partial charge on any atom is -0.497 e. The normalized spacial score (nSPS) is 22.9. The molecule has 0 bridgehead atoms. The molecular weight excluding hydrogens is 376 g/mol. The summed E-state index contributed by atoms with van der Waals surface area (Å²) >= 11 is 0. The van der Waals surface area contributed by atoms with E-state index in [9.17, 15) is 13.2 Å². The van der Waals surface area contributed by atoms with E-state index >= 15 is 0 Å². The molecule has 1 spiro atoms. The highest BCUT2D eigenvalue weighted by atomic mass is 32.2. The van der Waals surface area contributed by atoms with Crippen LogP contribution in [0.25, 0.3) is 0 Å². The summed E-state index contributed by atoms with van der Waals surface area (Å²) in [6.07, 6.45) is 1.07. The van der Waals surface area contributed by atoms with Crippen LogP contribution in [0, 0.1) is 12.3 Å². The van der Waals surface area contributed by atoms with Crippen LogP contribution in [0.1, 0.15) is 18.4 Å². The van der Waals surface area contributed by atoms with E-state index in [1.165, 1.54) is 11.4 Å². The molecule has 4 rings (SSSR count). The molecule has 0 saturated carbocycles. The van der Waals surface area contributed by atoms with E-state index in [4.69, 9.17) is 4.74 Å². The second-order valence-electron chi connectivity index (χ2n) is 7.71. The zero-order valence-corrected chi connectivity index (χ0v) is 16.9. The van der Waals surface area contributed by atoms with Crippen molar-refractivity contribution in [2.75, 3.05) is 31.6 Å². The Bertz CT molecular complexity index is 1020. The summed E-state index contributed by atoms with van der Waals surface area (Å²) in [6.45, 7) is 3.33. The van der Waals surface area contributed by atoms with E-state index in [1.54, 1.807) is 24.3 Å². The molecule has 1 atom stereocenters. The number of methoxy groups -OCH3 is 1. The van der Waals surface area contributed by atoms with Crippen molar-refractivity contribution in [2.45, 2.75) is 24.7 Å². The Kier molecular flexibility index (Phi) is 4.67. The summed E-state index contributed by atoms with van der Waals surface area (Å²) in [6, 6.07) is 14.3. The molecule has 7 heteroatoms. The number of para-hydroxylation sites is 1. The van der Waals surface area contributed by atoms with E-state index in [0.29, 0.717) is 38.2 Å². The van der Waals surface area contributed by atoms with Gasteiger partial charge in [0.1, 0.15) is 5.75 Å². The number of rotatable bonds is 4. The average molecular weight is 401 g/mol. The molecule has 1 amide bonds. The first-order valence-corrected chi connectivity index (χ1v) is 10.8. The number of aryl methyl sites for hydroxylation is 1. The molecule has 28 heavy (non-hydrogen) atoms. The third-order valence-corrected chi connectivity index (χ3v) is 7.65. The number of carbonyl (C=O) groups is 1. The fraction of sp³-hybridized carbons (Fsp3) is 0.381. The number of hydrogen-bond acceptors (Lipinski definition) is 4. The average Bonchev–Trinajstić information content (AvgIpc) is 3.25. The van der Waals surface area contributed by atoms with Gasteiger partial charge in [0.25, 0.3) is 0 Å². The Balaban J connectivity index is 1.57. The number of carbonyl (C=O) groups excluding carboxylic acids is 1. The number of sulfonamides is 1. The molecule has 2 aromatic carbocycles. The van der Waals surface area contributed by atoms with Gasteiger partial charge in [0, 0.05) is 43.2 Å². The molecular formula is C21H24N2O4S. The Morgan fingerprint density at radius 2 is 1.86 bits per heavy atom. The summed E-state index contributed by atoms with van der Waals surface area (Å²) in [5.41, 5.74) is 1.64. The van der Waals surface area contributed by atoms with Gasteiger partial charge in [-0.3, -0.25) is 4.79 Å². The minimum atomic E-state index is -3.62. The Morgan fingerprint density at radius 3 is 2.61 bits per heavy atom. The lowest BCUT2D eigenvalue weighted by molar-refractivity contribution is -0.117. The van der Waals surface area contributed by atoms with Gasteiger partial charge in [-0.25, -0.2) is 8.42 Å². The summed E-state index contributed by atoms with van der Waals surface area (Å²) < 4.78 is 32.9. The minimum absolute atomic E-state index is 0.0647. The summed E-state index contributed by atoms with van der Waals surface area (Å²) in [4.78, 5) is 14.8. The lowest BCUT2D eigenvalue weighted by Crippen LogP contribution is -2.34. The maximum atomic E-state index is 13.1. The Morgan fingerprint density at radius 1 is 1.07 bits per heavy atom. The summed E-state index contributed by atoms with van der Waals surface area (Å²) in [7, 11) is -2.10. The first kappa shape index (κ1) is 19.0. The van der Waals surface area contributed by atoms with Crippen LogP contribution in [0.4, 0.5) is 5.69 Å². The maximum absolute atomic E-state index is 13.1. The fourth-order valence-electron chi connectivity index (χ4n) is 4.26. The number of benzene rings is 2. The molecule has 0 radical (unpaired) electrons. The van der Waals surface area contributed by atoms with Crippen molar-refractivity contribution in [3.63, 3.8) is 0 Å². The van der Waals surface area contributed by atoms with Gasteiger partial charge in [-0.05, 0) is 37.1 Å². The van der Waals surface area contributed by atoms with E-state index < -0.39 is 10.0 Å². The van der Waals surface area contributed by atoms with Crippen molar-refractivity contribution in [2.24, 2.45) is 5.41 Å². The van der Waals surface area contributed by atoms with Gasteiger partial charge in [0.05, 0.1) is 12.0 Å². The summed E-state index contributed by atoms with van der Waals surface area (Å²) in [5.74, 6) is 0.576. The quantitative estimate of drug-likeness (QED) is 0.792. The van der Waals surface area contributed by atoms with Gasteiger partial charge in [0.2, 0.25) is 15.9 Å². The van der Waals surface area contributed by atoms with Crippen LogP contribution in [0.2, 0.25) is 0 Å². The van der Waals surface area contributed by atoms with Gasteiger partial charge >= 0.3 is 0 Å². The molecule has 2 aliphatic rings. The highest BCUT2D eigenvalue weighted by Crippen LogP contribution is 2.43. The molecule has 0 N–H and O–H groups in total. The number of anilines is 1. The van der Waals surface area contributed by atoms with Crippen molar-refractivity contribution >= 4 is 21.6 Å². The molecule has 2 aromatic rings. The van der Waals surface area contributed by atoms with Crippen LogP contribution >= 0.6 is 0 Å². The largest absolute Gasteiger partial charge is 0.497 e. The van der Waals surface area contributed by atoms with E-state index in [1.807, 2.05) is 36.1 Å². The molecule has 2 fully saturated rings. The first-order valence-electron chi connectivity index (χ1n) is 9.35. The lowest BCUT2D eigenvalue weighted by atomic mass is 9.86. The first-order chi connectivity index (χ1) is 13.3. The van der Waals surface area contributed by atoms with Gasteiger partial charge in [-0.2, -0.15) is 4.31 Å². The smallest absolute Gasteiger partial charge is 0.243 e.